The van der Waals surface area contributed by atoms with E-state index in [0.29, 0.717) is 30.9 Å². The lowest BCUT2D eigenvalue weighted by Crippen LogP contribution is -2.33. The molecule has 0 atom stereocenters. The van der Waals surface area contributed by atoms with Crippen LogP contribution in [0.5, 0.6) is 5.75 Å². The van der Waals surface area contributed by atoms with Crippen molar-refractivity contribution in [1.82, 2.24) is 5.32 Å². The molecule has 6 nitrogen and oxygen atoms in total. The molecule has 6 heteroatoms. The van der Waals surface area contributed by atoms with Crippen molar-refractivity contribution in [2.75, 3.05) is 20.3 Å². The molecule has 0 saturated heterocycles. The largest absolute Gasteiger partial charge is 0.493 e. The SMILES string of the molecule is COC(=O)c1cc(C)cc(OCCCNC(=O)OC(C)(C)C)c1. The fourth-order valence-electron chi connectivity index (χ4n) is 1.83. The van der Waals surface area contributed by atoms with Crippen LogP contribution in [0.3, 0.4) is 0 Å². The molecule has 1 amide bonds. The predicted molar refractivity (Wildman–Crippen MR) is 86.9 cm³/mol. The van der Waals surface area contributed by atoms with Crippen molar-refractivity contribution in [3.8, 4) is 5.75 Å². The third-order valence-corrected chi connectivity index (χ3v) is 2.73. The maximum atomic E-state index is 11.5. The van der Waals surface area contributed by atoms with Crippen LogP contribution in [0.4, 0.5) is 4.79 Å². The molecule has 0 heterocycles. The number of hydrogen-bond donors (Lipinski definition) is 1. The molecule has 1 aromatic rings. The first-order valence-corrected chi connectivity index (χ1v) is 7.51. The predicted octanol–water partition coefficient (Wildman–Crippen LogP) is 3.08. The number of aryl methyl sites for hydroxylation is 1. The Morgan fingerprint density at radius 1 is 1.17 bits per heavy atom. The highest BCUT2D eigenvalue weighted by Gasteiger charge is 2.15. The number of carbonyl (C=O) groups excluding carboxylic acids is 2. The quantitative estimate of drug-likeness (QED) is 0.643. The number of methoxy groups -OCH3 is 1. The molecule has 0 spiro atoms. The smallest absolute Gasteiger partial charge is 0.407 e. The summed E-state index contributed by atoms with van der Waals surface area (Å²) in [5.74, 6) is 0.202. The maximum absolute atomic E-state index is 11.5. The summed E-state index contributed by atoms with van der Waals surface area (Å²) in [4.78, 5) is 23.0. The molecule has 1 N–H and O–H groups in total. The lowest BCUT2D eigenvalue weighted by Gasteiger charge is -2.19. The van der Waals surface area contributed by atoms with Gasteiger partial charge in [0.15, 0.2) is 0 Å². The Hall–Kier alpha value is -2.24. The van der Waals surface area contributed by atoms with Gasteiger partial charge in [-0.25, -0.2) is 9.59 Å². The van der Waals surface area contributed by atoms with E-state index in [1.54, 1.807) is 12.1 Å². The fraction of sp³-hybridized carbons (Fsp3) is 0.529. The summed E-state index contributed by atoms with van der Waals surface area (Å²) < 4.78 is 15.4. The van der Waals surface area contributed by atoms with Gasteiger partial charge in [-0.3, -0.25) is 0 Å². The van der Waals surface area contributed by atoms with Gasteiger partial charge in [0.1, 0.15) is 11.4 Å². The first-order valence-electron chi connectivity index (χ1n) is 7.51. The monoisotopic (exact) mass is 323 g/mol. The van der Waals surface area contributed by atoms with Gasteiger partial charge in [0.05, 0.1) is 19.3 Å². The van der Waals surface area contributed by atoms with Gasteiger partial charge in [-0.2, -0.15) is 0 Å². The highest BCUT2D eigenvalue weighted by Crippen LogP contribution is 2.17. The third kappa shape index (κ3) is 7.54. The second-order valence-corrected chi connectivity index (χ2v) is 6.16. The Morgan fingerprint density at radius 3 is 2.48 bits per heavy atom. The van der Waals surface area contributed by atoms with Crippen LogP contribution < -0.4 is 10.1 Å². The maximum Gasteiger partial charge on any atom is 0.407 e. The molecule has 128 valence electrons. The van der Waals surface area contributed by atoms with E-state index in [2.05, 4.69) is 5.32 Å². The molecule has 23 heavy (non-hydrogen) atoms. The highest BCUT2D eigenvalue weighted by molar-refractivity contribution is 5.90. The first kappa shape index (κ1) is 18.8. The van der Waals surface area contributed by atoms with E-state index in [4.69, 9.17) is 14.2 Å². The van der Waals surface area contributed by atoms with Crippen LogP contribution in [0.1, 0.15) is 43.1 Å². The van der Waals surface area contributed by atoms with Gasteiger partial charge in [-0.1, -0.05) is 0 Å². The molecular weight excluding hydrogens is 298 g/mol. The number of ether oxygens (including phenoxy) is 3. The van der Waals surface area contributed by atoms with Gasteiger partial charge in [-0.15, -0.1) is 0 Å². The molecule has 0 unspecified atom stereocenters. The number of hydrogen-bond acceptors (Lipinski definition) is 5. The van der Waals surface area contributed by atoms with Crippen molar-refractivity contribution in [3.63, 3.8) is 0 Å². The number of amides is 1. The molecule has 0 aliphatic carbocycles. The van der Waals surface area contributed by atoms with Crippen molar-refractivity contribution in [1.29, 1.82) is 0 Å². The minimum Gasteiger partial charge on any atom is -0.493 e. The van der Waals surface area contributed by atoms with Crippen LogP contribution in [0.25, 0.3) is 0 Å². The molecule has 0 aliphatic heterocycles. The van der Waals surface area contributed by atoms with Crippen molar-refractivity contribution >= 4 is 12.1 Å². The molecule has 0 aromatic heterocycles. The zero-order chi connectivity index (χ0) is 17.5. The third-order valence-electron chi connectivity index (χ3n) is 2.73. The lowest BCUT2D eigenvalue weighted by molar-refractivity contribution is 0.0524. The minimum atomic E-state index is -0.508. The Bertz CT molecular complexity index is 548. The van der Waals surface area contributed by atoms with E-state index in [0.717, 1.165) is 5.56 Å². The van der Waals surface area contributed by atoms with Crippen molar-refractivity contribution in [2.45, 2.75) is 39.7 Å². The van der Waals surface area contributed by atoms with Gasteiger partial charge in [-0.05, 0) is 57.9 Å². The average Bonchev–Trinajstić information content (AvgIpc) is 2.43. The van der Waals surface area contributed by atoms with E-state index < -0.39 is 17.7 Å². The summed E-state index contributed by atoms with van der Waals surface area (Å²) in [7, 11) is 1.34. The second-order valence-electron chi connectivity index (χ2n) is 6.16. The number of carbonyl (C=O) groups is 2. The zero-order valence-corrected chi connectivity index (χ0v) is 14.4. The van der Waals surface area contributed by atoms with Crippen molar-refractivity contribution < 1.29 is 23.8 Å². The number of rotatable bonds is 6. The summed E-state index contributed by atoms with van der Waals surface area (Å²) in [5.41, 5.74) is 0.857. The molecule has 1 aromatic carbocycles. The number of esters is 1. The molecule has 0 saturated carbocycles. The molecule has 1 rings (SSSR count). The van der Waals surface area contributed by atoms with E-state index in [1.165, 1.54) is 7.11 Å². The Balaban J connectivity index is 2.38. The van der Waals surface area contributed by atoms with Crippen LogP contribution in [0.2, 0.25) is 0 Å². The number of nitrogens with one attached hydrogen (secondary N) is 1. The first-order chi connectivity index (χ1) is 10.7. The van der Waals surface area contributed by atoms with Gasteiger partial charge < -0.3 is 19.5 Å². The van der Waals surface area contributed by atoms with E-state index in [-0.39, 0.29) is 0 Å². The summed E-state index contributed by atoms with van der Waals surface area (Å²) >= 11 is 0. The van der Waals surface area contributed by atoms with Gasteiger partial charge in [0.2, 0.25) is 0 Å². The van der Waals surface area contributed by atoms with Crippen LogP contribution in [0, 0.1) is 6.92 Å². The van der Waals surface area contributed by atoms with E-state index >= 15 is 0 Å². The Kier molecular flexibility index (Phi) is 6.88. The molecule has 0 fully saturated rings. The second kappa shape index (κ2) is 8.41. The molecular formula is C17H25NO5. The van der Waals surface area contributed by atoms with Crippen molar-refractivity contribution in [2.24, 2.45) is 0 Å². The molecule has 0 aliphatic rings. The summed E-state index contributed by atoms with van der Waals surface area (Å²) in [5, 5.41) is 2.66. The standard InChI is InChI=1S/C17H25NO5/c1-12-9-13(15(19)21-5)11-14(10-12)22-8-6-7-18-16(20)23-17(2,3)4/h9-11H,6-8H2,1-5H3,(H,18,20). The number of benzene rings is 1. The van der Waals surface area contributed by atoms with Gasteiger partial charge >= 0.3 is 12.1 Å². The normalized spacial score (nSPS) is 10.8. The average molecular weight is 323 g/mol. The van der Waals surface area contributed by atoms with Crippen LogP contribution >= 0.6 is 0 Å². The molecule has 0 radical (unpaired) electrons. The lowest BCUT2D eigenvalue weighted by atomic mass is 10.1. The highest BCUT2D eigenvalue weighted by atomic mass is 16.6. The summed E-state index contributed by atoms with van der Waals surface area (Å²) in [6, 6.07) is 5.22. The van der Waals surface area contributed by atoms with Gasteiger partial charge in [0, 0.05) is 6.54 Å². The topological polar surface area (TPSA) is 73.9 Å². The van der Waals surface area contributed by atoms with Gasteiger partial charge in [0.25, 0.3) is 0 Å². The van der Waals surface area contributed by atoms with Crippen molar-refractivity contribution in [3.05, 3.63) is 29.3 Å². The summed E-state index contributed by atoms with van der Waals surface area (Å²) in [6.45, 7) is 8.18. The Labute approximate surface area is 137 Å². The minimum absolute atomic E-state index is 0.398. The van der Waals surface area contributed by atoms with Crippen LogP contribution in [-0.4, -0.2) is 37.9 Å². The van der Waals surface area contributed by atoms with Crippen LogP contribution in [0.15, 0.2) is 18.2 Å². The fourth-order valence-corrected chi connectivity index (χ4v) is 1.83. The molecule has 0 bridgehead atoms. The number of alkyl carbamates (subject to hydrolysis) is 1. The summed E-state index contributed by atoms with van der Waals surface area (Å²) in [6.07, 6.45) is 0.182. The zero-order valence-electron chi connectivity index (χ0n) is 14.4. The van der Waals surface area contributed by atoms with E-state index in [1.807, 2.05) is 33.8 Å². The van der Waals surface area contributed by atoms with Crippen LogP contribution in [-0.2, 0) is 9.47 Å². The Morgan fingerprint density at radius 2 is 1.87 bits per heavy atom. The van der Waals surface area contributed by atoms with E-state index in [9.17, 15) is 9.59 Å².